The summed E-state index contributed by atoms with van der Waals surface area (Å²) in [5.41, 5.74) is 7.90. The Hall–Kier alpha value is -3.31. The van der Waals surface area contributed by atoms with E-state index < -0.39 is 6.10 Å². The normalized spacial score (nSPS) is 30.4. The highest BCUT2D eigenvalue weighted by molar-refractivity contribution is 6.03. The Balaban J connectivity index is 1.32. The fourth-order valence-corrected chi connectivity index (χ4v) is 8.94. The van der Waals surface area contributed by atoms with E-state index in [4.69, 9.17) is 9.73 Å². The molecule has 0 aromatic heterocycles. The Kier molecular flexibility index (Phi) is 9.40. The molecule has 0 bridgehead atoms. The van der Waals surface area contributed by atoms with Crippen molar-refractivity contribution in [2.24, 2.45) is 22.7 Å². The third-order valence-corrected chi connectivity index (χ3v) is 11.1. The average Bonchev–Trinajstić information content (AvgIpc) is 3.42. The smallest absolute Gasteiger partial charge is 0.115 e. The van der Waals surface area contributed by atoms with Crippen molar-refractivity contribution in [3.8, 4) is 0 Å². The summed E-state index contributed by atoms with van der Waals surface area (Å²) in [6, 6.07) is 22.3. The van der Waals surface area contributed by atoms with Gasteiger partial charge in [-0.05, 0) is 60.8 Å². The van der Waals surface area contributed by atoms with E-state index in [0.29, 0.717) is 0 Å². The molecule has 4 heteroatoms. The van der Waals surface area contributed by atoms with Crippen molar-refractivity contribution in [1.82, 2.24) is 5.32 Å². The van der Waals surface area contributed by atoms with E-state index >= 15 is 0 Å². The fourth-order valence-electron chi connectivity index (χ4n) is 8.94. The van der Waals surface area contributed by atoms with Crippen LogP contribution in [0.5, 0.6) is 0 Å². The molecule has 0 amide bonds. The Morgan fingerprint density at radius 3 is 2.43 bits per heavy atom. The van der Waals surface area contributed by atoms with Crippen LogP contribution in [-0.4, -0.2) is 35.4 Å². The van der Waals surface area contributed by atoms with Crippen molar-refractivity contribution in [1.29, 1.82) is 0 Å². The molecule has 1 heterocycles. The minimum Gasteiger partial charge on any atom is -0.392 e. The molecule has 0 fully saturated rings. The van der Waals surface area contributed by atoms with Crippen molar-refractivity contribution in [3.05, 3.63) is 131 Å². The first-order valence-electron chi connectivity index (χ1n) is 17.9. The predicted molar refractivity (Wildman–Crippen MR) is 189 cm³/mol. The van der Waals surface area contributed by atoms with Gasteiger partial charge in [0.1, 0.15) is 12.4 Å². The molecule has 7 atom stereocenters. The molecule has 4 aliphatic carbocycles. The topological polar surface area (TPSA) is 53.9 Å². The van der Waals surface area contributed by atoms with Gasteiger partial charge in [0.15, 0.2) is 0 Å². The average molecular weight is 615 g/mol. The van der Waals surface area contributed by atoms with E-state index in [0.717, 1.165) is 50.7 Å². The predicted octanol–water partition coefficient (Wildman–Crippen LogP) is 8.76. The van der Waals surface area contributed by atoms with Crippen molar-refractivity contribution in [2.75, 3.05) is 0 Å². The van der Waals surface area contributed by atoms with Crippen LogP contribution in [-0.2, 0) is 10.2 Å². The van der Waals surface area contributed by atoms with Crippen molar-refractivity contribution in [3.63, 3.8) is 0 Å². The maximum Gasteiger partial charge on any atom is 0.115 e. The van der Waals surface area contributed by atoms with Gasteiger partial charge in [0.05, 0.1) is 17.6 Å². The number of benzene rings is 2. The molecular formula is C42H50N2O2. The zero-order valence-corrected chi connectivity index (χ0v) is 27.5. The number of hydrogen-bond acceptors (Lipinski definition) is 4. The van der Waals surface area contributed by atoms with Gasteiger partial charge in [0.25, 0.3) is 0 Å². The van der Waals surface area contributed by atoms with Gasteiger partial charge in [-0.2, -0.15) is 0 Å². The molecule has 7 unspecified atom stereocenters. The van der Waals surface area contributed by atoms with Crippen LogP contribution in [0.25, 0.3) is 0 Å². The van der Waals surface area contributed by atoms with Crippen LogP contribution in [0.1, 0.15) is 82.8 Å². The maximum atomic E-state index is 11.1. The Morgan fingerprint density at radius 2 is 1.74 bits per heavy atom. The number of aliphatic hydroxyl groups excluding tert-OH is 1. The van der Waals surface area contributed by atoms with Crippen LogP contribution in [0.2, 0.25) is 0 Å². The number of allylic oxidation sites excluding steroid dienone is 9. The molecule has 46 heavy (non-hydrogen) atoms. The second-order valence-electron chi connectivity index (χ2n) is 13.8. The lowest BCUT2D eigenvalue weighted by Gasteiger charge is -2.42. The first kappa shape index (κ1) is 31.3. The lowest BCUT2D eigenvalue weighted by Crippen LogP contribution is -2.52. The van der Waals surface area contributed by atoms with Crippen LogP contribution >= 0.6 is 0 Å². The molecule has 240 valence electrons. The van der Waals surface area contributed by atoms with Gasteiger partial charge in [-0.3, -0.25) is 10.3 Å². The molecule has 1 aliphatic heterocycles. The van der Waals surface area contributed by atoms with E-state index in [-0.39, 0.29) is 41.7 Å². The third-order valence-electron chi connectivity index (χ3n) is 11.1. The van der Waals surface area contributed by atoms with Crippen LogP contribution in [0.15, 0.2) is 125 Å². The van der Waals surface area contributed by atoms with E-state index in [2.05, 4.69) is 122 Å². The van der Waals surface area contributed by atoms with Gasteiger partial charge in [-0.15, -0.1) is 0 Å². The monoisotopic (exact) mass is 614 g/mol. The van der Waals surface area contributed by atoms with Gasteiger partial charge >= 0.3 is 0 Å². The minimum absolute atomic E-state index is 0.0647. The first-order chi connectivity index (χ1) is 22.6. The maximum absolute atomic E-state index is 11.1. The van der Waals surface area contributed by atoms with Gasteiger partial charge in [-0.1, -0.05) is 135 Å². The summed E-state index contributed by atoms with van der Waals surface area (Å²) in [5, 5.41) is 14.9. The quantitative estimate of drug-likeness (QED) is 0.263. The van der Waals surface area contributed by atoms with Crippen molar-refractivity contribution >= 4 is 5.71 Å². The number of ether oxygens (including phenoxy) is 1. The van der Waals surface area contributed by atoms with E-state index in [1.165, 1.54) is 35.1 Å². The SMILES string of the molecule is CCCCC(CC)OC1CC(C2=CC=CC3C2C2=C(C=CCC2)C3(c2ccccc2)c2ccccc2)=NC(C2C=CCCC2O)N1. The number of nitrogens with zero attached hydrogens (tertiary/aromatic N) is 1. The van der Waals surface area contributed by atoms with Gasteiger partial charge in [-0.25, -0.2) is 0 Å². The molecule has 7 rings (SSSR count). The molecule has 0 spiro atoms. The zero-order chi connectivity index (χ0) is 31.5. The number of fused-ring (bicyclic) bond motifs is 2. The Labute approximate surface area is 275 Å². The second kappa shape index (κ2) is 13.8. The summed E-state index contributed by atoms with van der Waals surface area (Å²) in [6.07, 6.45) is 24.7. The van der Waals surface area contributed by atoms with Gasteiger partial charge in [0, 0.05) is 29.9 Å². The van der Waals surface area contributed by atoms with Crippen LogP contribution < -0.4 is 5.32 Å². The standard InChI is InChI=1S/C42H50N2O2/c1-3-5-21-31(4-2)46-39-28-37(43-41(44-39)34-23-13-15-27-38(34)45)33-24-16-26-36-40(33)32-22-12-14-25-35(32)42(36,29-17-8-6-9-18-29)30-19-10-7-11-20-30/h6-11,13-14,16-20,23-26,31,34,36,38-41,44-45H,3-5,12,15,21-22,27-28H2,1-2H3. The summed E-state index contributed by atoms with van der Waals surface area (Å²) in [5.74, 6) is 0.399. The highest BCUT2D eigenvalue weighted by Crippen LogP contribution is 2.61. The molecule has 0 saturated heterocycles. The number of rotatable bonds is 10. The molecule has 2 aromatic rings. The fraction of sp³-hybridized carbons (Fsp3) is 0.452. The largest absolute Gasteiger partial charge is 0.392 e. The van der Waals surface area contributed by atoms with Crippen molar-refractivity contribution < 1.29 is 9.84 Å². The Morgan fingerprint density at radius 1 is 0.978 bits per heavy atom. The van der Waals surface area contributed by atoms with Gasteiger partial charge in [0.2, 0.25) is 0 Å². The van der Waals surface area contributed by atoms with Crippen LogP contribution in [0.3, 0.4) is 0 Å². The summed E-state index contributed by atoms with van der Waals surface area (Å²) in [7, 11) is 0. The molecule has 0 saturated carbocycles. The lowest BCUT2D eigenvalue weighted by molar-refractivity contribution is -0.0473. The molecule has 2 aromatic carbocycles. The third kappa shape index (κ3) is 5.63. The number of unbranched alkanes of at least 4 members (excludes halogenated alkanes) is 1. The number of hydrogen-bond donors (Lipinski definition) is 2. The molecule has 0 radical (unpaired) electrons. The molecule has 2 N–H and O–H groups in total. The van der Waals surface area contributed by atoms with E-state index in [1.54, 1.807) is 5.57 Å². The van der Waals surface area contributed by atoms with E-state index in [9.17, 15) is 5.11 Å². The summed E-state index contributed by atoms with van der Waals surface area (Å²) in [4.78, 5) is 5.49. The second-order valence-corrected chi connectivity index (χ2v) is 13.8. The molecule has 5 aliphatic rings. The highest BCUT2D eigenvalue weighted by Gasteiger charge is 2.56. The summed E-state index contributed by atoms with van der Waals surface area (Å²) < 4.78 is 6.85. The highest BCUT2D eigenvalue weighted by atomic mass is 16.5. The van der Waals surface area contributed by atoms with E-state index in [1.807, 2.05) is 0 Å². The summed E-state index contributed by atoms with van der Waals surface area (Å²) >= 11 is 0. The Bertz CT molecular complexity index is 1510. The number of aliphatic hydroxyl groups is 1. The van der Waals surface area contributed by atoms with Crippen LogP contribution in [0, 0.1) is 17.8 Å². The first-order valence-corrected chi connectivity index (χ1v) is 17.9. The zero-order valence-electron chi connectivity index (χ0n) is 27.5. The minimum atomic E-state index is -0.408. The molecule has 4 nitrogen and oxygen atoms in total. The molecular weight excluding hydrogens is 564 g/mol. The lowest BCUT2D eigenvalue weighted by atomic mass is 9.61. The van der Waals surface area contributed by atoms with Crippen molar-refractivity contribution in [2.45, 2.75) is 102 Å². The van der Waals surface area contributed by atoms with Gasteiger partial charge < -0.3 is 9.84 Å². The van der Waals surface area contributed by atoms with Crippen LogP contribution in [0.4, 0.5) is 0 Å². The number of aliphatic imine (C=N–C) groups is 1. The number of nitrogens with one attached hydrogen (secondary N) is 1. The summed E-state index contributed by atoms with van der Waals surface area (Å²) in [6.45, 7) is 4.48.